The molecule has 1 N–H and O–H groups in total. The molecular formula is C14H20N2O2S. The summed E-state index contributed by atoms with van der Waals surface area (Å²) in [5.41, 5.74) is 0.880. The van der Waals surface area contributed by atoms with Crippen molar-refractivity contribution in [2.75, 3.05) is 12.3 Å². The van der Waals surface area contributed by atoms with E-state index in [1.807, 2.05) is 20.8 Å². The molecule has 0 aromatic heterocycles. The smallest absolute Gasteiger partial charge is 0.251 e. The van der Waals surface area contributed by atoms with E-state index in [2.05, 4.69) is 17.9 Å². The maximum Gasteiger partial charge on any atom is 0.251 e. The zero-order valence-corrected chi connectivity index (χ0v) is 12.4. The molecule has 0 radical (unpaired) electrons. The summed E-state index contributed by atoms with van der Waals surface area (Å²) in [6, 6.07) is 6.92. The summed E-state index contributed by atoms with van der Waals surface area (Å²) >= 11 is 4.03. The number of hydrogen-bond donors (Lipinski definition) is 2. The number of hydroxylamine groups is 1. The average molecular weight is 280 g/mol. The molecule has 0 fully saturated rings. The van der Waals surface area contributed by atoms with Crippen LogP contribution in [0, 0.1) is 5.21 Å². The minimum atomic E-state index is -0.470. The first-order valence-electron chi connectivity index (χ1n) is 6.15. The van der Waals surface area contributed by atoms with Gasteiger partial charge in [-0.05, 0) is 24.3 Å². The third kappa shape index (κ3) is 4.95. The fourth-order valence-electron chi connectivity index (χ4n) is 1.32. The van der Waals surface area contributed by atoms with Crippen LogP contribution in [0.5, 0.6) is 0 Å². The van der Waals surface area contributed by atoms with E-state index in [0.717, 1.165) is 10.3 Å². The van der Waals surface area contributed by atoms with E-state index in [1.54, 1.807) is 24.3 Å². The highest BCUT2D eigenvalue weighted by Crippen LogP contribution is 2.07. The molecule has 0 saturated heterocycles. The number of carbonyl (C=O) groups excluding carboxylic acids is 1. The largest absolute Gasteiger partial charge is 0.623 e. The molecule has 0 aliphatic heterocycles. The number of carbonyl (C=O) groups is 1. The lowest BCUT2D eigenvalue weighted by molar-refractivity contribution is -0.530. The van der Waals surface area contributed by atoms with E-state index in [9.17, 15) is 10.0 Å². The van der Waals surface area contributed by atoms with Gasteiger partial charge in [-0.2, -0.15) is 12.6 Å². The highest BCUT2D eigenvalue weighted by Gasteiger charge is 2.18. The SMILES string of the molecule is CC(C)(C)[N+]([O-])=Cc1ccc(C(=O)NCCS)cc1. The summed E-state index contributed by atoms with van der Waals surface area (Å²) < 4.78 is 0.906. The second-order valence-corrected chi connectivity index (χ2v) is 5.67. The lowest BCUT2D eigenvalue weighted by atomic mass is 10.1. The lowest BCUT2D eigenvalue weighted by Crippen LogP contribution is -2.29. The van der Waals surface area contributed by atoms with Gasteiger partial charge < -0.3 is 10.5 Å². The summed E-state index contributed by atoms with van der Waals surface area (Å²) in [6.45, 7) is 6.06. The number of nitrogens with one attached hydrogen (secondary N) is 1. The maximum absolute atomic E-state index is 11.8. The Hall–Kier alpha value is -1.49. The van der Waals surface area contributed by atoms with Gasteiger partial charge in [0.05, 0.1) is 0 Å². The van der Waals surface area contributed by atoms with Gasteiger partial charge in [-0.25, -0.2) is 4.74 Å². The molecular weight excluding hydrogens is 260 g/mol. The number of hydrogen-bond acceptors (Lipinski definition) is 3. The molecule has 0 spiro atoms. The van der Waals surface area contributed by atoms with Crippen molar-refractivity contribution in [1.29, 1.82) is 0 Å². The predicted octanol–water partition coefficient (Wildman–Crippen LogP) is 2.07. The molecule has 1 rings (SSSR count). The van der Waals surface area contributed by atoms with Crippen LogP contribution in [0.15, 0.2) is 24.3 Å². The predicted molar refractivity (Wildman–Crippen MR) is 81.2 cm³/mol. The normalized spacial score (nSPS) is 12.3. The molecule has 5 heteroatoms. The van der Waals surface area contributed by atoms with Gasteiger partial charge in [0, 0.05) is 44.2 Å². The van der Waals surface area contributed by atoms with Crippen LogP contribution < -0.4 is 5.32 Å². The van der Waals surface area contributed by atoms with E-state index in [0.29, 0.717) is 17.9 Å². The maximum atomic E-state index is 11.8. The Morgan fingerprint density at radius 2 is 1.95 bits per heavy atom. The van der Waals surface area contributed by atoms with Crippen molar-refractivity contribution >= 4 is 24.8 Å². The topological polar surface area (TPSA) is 55.2 Å². The van der Waals surface area contributed by atoms with Crippen LogP contribution in [0.2, 0.25) is 0 Å². The monoisotopic (exact) mass is 280 g/mol. The van der Waals surface area contributed by atoms with Crippen LogP contribution >= 0.6 is 12.6 Å². The molecule has 0 aliphatic rings. The second-order valence-electron chi connectivity index (χ2n) is 5.23. The molecule has 4 nitrogen and oxygen atoms in total. The first kappa shape index (κ1) is 15.6. The summed E-state index contributed by atoms with van der Waals surface area (Å²) in [5, 5.41) is 14.5. The van der Waals surface area contributed by atoms with Crippen molar-refractivity contribution in [2.45, 2.75) is 26.3 Å². The highest BCUT2D eigenvalue weighted by atomic mass is 32.1. The van der Waals surface area contributed by atoms with Gasteiger partial charge >= 0.3 is 0 Å². The van der Waals surface area contributed by atoms with E-state index in [-0.39, 0.29) is 5.91 Å². The van der Waals surface area contributed by atoms with Crippen molar-refractivity contribution in [3.05, 3.63) is 40.6 Å². The van der Waals surface area contributed by atoms with E-state index in [1.165, 1.54) is 6.21 Å². The van der Waals surface area contributed by atoms with Gasteiger partial charge in [0.15, 0.2) is 11.8 Å². The number of nitrogens with zero attached hydrogens (tertiary/aromatic N) is 1. The Bertz CT molecular complexity index is 461. The minimum absolute atomic E-state index is 0.129. The van der Waals surface area contributed by atoms with E-state index in [4.69, 9.17) is 0 Å². The third-order valence-corrected chi connectivity index (χ3v) is 2.72. The van der Waals surface area contributed by atoms with Crippen molar-refractivity contribution in [1.82, 2.24) is 5.32 Å². The summed E-state index contributed by atoms with van der Waals surface area (Å²) in [7, 11) is 0. The Balaban J connectivity index is 2.80. The first-order valence-corrected chi connectivity index (χ1v) is 6.78. The summed E-state index contributed by atoms with van der Waals surface area (Å²) in [6.07, 6.45) is 1.52. The van der Waals surface area contributed by atoms with Crippen LogP contribution in [0.25, 0.3) is 0 Å². The van der Waals surface area contributed by atoms with Gasteiger partial charge in [-0.15, -0.1) is 0 Å². The number of rotatable bonds is 4. The fraction of sp³-hybridized carbons (Fsp3) is 0.429. The van der Waals surface area contributed by atoms with Gasteiger partial charge in [-0.3, -0.25) is 4.79 Å². The van der Waals surface area contributed by atoms with Gasteiger partial charge in [0.2, 0.25) is 0 Å². The number of amides is 1. The van der Waals surface area contributed by atoms with Crippen molar-refractivity contribution in [3.63, 3.8) is 0 Å². The van der Waals surface area contributed by atoms with Crippen LogP contribution in [0.3, 0.4) is 0 Å². The van der Waals surface area contributed by atoms with Crippen LogP contribution in [-0.2, 0) is 0 Å². The van der Waals surface area contributed by atoms with E-state index < -0.39 is 5.54 Å². The van der Waals surface area contributed by atoms with Crippen LogP contribution in [-0.4, -0.2) is 34.7 Å². The molecule has 1 amide bonds. The molecule has 0 aliphatic carbocycles. The molecule has 0 bridgehead atoms. The van der Waals surface area contributed by atoms with Gasteiger partial charge in [0.1, 0.15) is 0 Å². The highest BCUT2D eigenvalue weighted by molar-refractivity contribution is 7.80. The average Bonchev–Trinajstić information content (AvgIpc) is 2.35. The fourth-order valence-corrected chi connectivity index (χ4v) is 1.43. The van der Waals surface area contributed by atoms with Crippen molar-refractivity contribution in [2.24, 2.45) is 0 Å². The Morgan fingerprint density at radius 1 is 1.37 bits per heavy atom. The molecule has 0 atom stereocenters. The number of thiol groups is 1. The Kier molecular flexibility index (Phi) is 5.42. The summed E-state index contributed by atoms with van der Waals surface area (Å²) in [5.74, 6) is 0.476. The standard InChI is InChI=1S/C14H20N2O2S/c1-14(2,3)16(18)10-11-4-6-12(7-5-11)13(17)15-8-9-19/h4-7,10,19H,8-9H2,1-3H3,(H,15,17). The molecule has 0 saturated carbocycles. The molecule has 1 aromatic carbocycles. The zero-order valence-electron chi connectivity index (χ0n) is 11.5. The zero-order chi connectivity index (χ0) is 14.5. The minimum Gasteiger partial charge on any atom is -0.623 e. The molecule has 104 valence electrons. The van der Waals surface area contributed by atoms with Crippen molar-refractivity contribution < 1.29 is 9.53 Å². The molecule has 19 heavy (non-hydrogen) atoms. The van der Waals surface area contributed by atoms with Gasteiger partial charge in [0.25, 0.3) is 5.91 Å². The lowest BCUT2D eigenvalue weighted by Gasteiger charge is -2.18. The Morgan fingerprint density at radius 3 is 2.42 bits per heavy atom. The second kappa shape index (κ2) is 6.61. The molecule has 0 unspecified atom stereocenters. The number of benzene rings is 1. The van der Waals surface area contributed by atoms with E-state index >= 15 is 0 Å². The molecule has 0 heterocycles. The van der Waals surface area contributed by atoms with Crippen LogP contribution in [0.1, 0.15) is 36.7 Å². The summed E-state index contributed by atoms with van der Waals surface area (Å²) in [4.78, 5) is 11.7. The van der Waals surface area contributed by atoms with Gasteiger partial charge in [-0.1, -0.05) is 0 Å². The van der Waals surface area contributed by atoms with Crippen LogP contribution in [0.4, 0.5) is 0 Å². The quantitative estimate of drug-likeness (QED) is 0.292. The first-order chi connectivity index (χ1) is 8.84. The van der Waals surface area contributed by atoms with Crippen molar-refractivity contribution in [3.8, 4) is 0 Å². The molecule has 1 aromatic rings. The third-order valence-electron chi connectivity index (χ3n) is 2.50. The Labute approximate surface area is 119 Å².